The largest absolute Gasteiger partial charge is 0.478 e. The molecule has 0 radical (unpaired) electrons. The first-order chi connectivity index (χ1) is 13.8. The summed E-state index contributed by atoms with van der Waals surface area (Å²) in [6, 6.07) is 10.3. The summed E-state index contributed by atoms with van der Waals surface area (Å²) in [6.07, 6.45) is 0. The van der Waals surface area contributed by atoms with Crippen molar-refractivity contribution in [2.24, 2.45) is 0 Å². The summed E-state index contributed by atoms with van der Waals surface area (Å²) >= 11 is 0. The summed E-state index contributed by atoms with van der Waals surface area (Å²) in [4.78, 5) is 49.9. The van der Waals surface area contributed by atoms with Crippen LogP contribution < -0.4 is 0 Å². The molecule has 0 saturated carbocycles. The van der Waals surface area contributed by atoms with Gasteiger partial charge in [-0.25, -0.2) is 4.79 Å². The second kappa shape index (κ2) is 8.09. The fourth-order valence-electron chi connectivity index (χ4n) is 3.14. The van der Waals surface area contributed by atoms with Crippen LogP contribution in [0.1, 0.15) is 36.6 Å². The van der Waals surface area contributed by atoms with E-state index in [4.69, 9.17) is 5.11 Å². The van der Waals surface area contributed by atoms with Crippen LogP contribution in [0.4, 0.5) is 5.69 Å². The number of carboxylic acid groups (broad SMARTS) is 1. The summed E-state index contributed by atoms with van der Waals surface area (Å²) in [5.41, 5.74) is 0.780. The van der Waals surface area contributed by atoms with E-state index in [1.165, 1.54) is 4.90 Å². The Kier molecular flexibility index (Phi) is 5.58. The van der Waals surface area contributed by atoms with Crippen LogP contribution >= 0.6 is 0 Å². The minimum atomic E-state index is -1.35. The lowest BCUT2D eigenvalue weighted by atomic mass is 10.1. The maximum absolute atomic E-state index is 12.7. The monoisotopic (exact) mass is 397 g/mol. The molecule has 9 nitrogen and oxygen atoms in total. The molecule has 2 aromatic rings. The van der Waals surface area contributed by atoms with Crippen molar-refractivity contribution in [2.75, 3.05) is 26.2 Å². The Morgan fingerprint density at radius 1 is 0.862 bits per heavy atom. The summed E-state index contributed by atoms with van der Waals surface area (Å²) in [5, 5.41) is 20.2. The average Bonchev–Trinajstić information content (AvgIpc) is 2.73. The molecule has 0 bridgehead atoms. The van der Waals surface area contributed by atoms with Crippen LogP contribution in [-0.2, 0) is 0 Å². The molecule has 0 atom stereocenters. The van der Waals surface area contributed by atoms with Crippen LogP contribution in [0.5, 0.6) is 0 Å². The van der Waals surface area contributed by atoms with E-state index >= 15 is 0 Å². The van der Waals surface area contributed by atoms with Gasteiger partial charge in [0.15, 0.2) is 0 Å². The number of nitro benzene ring substituents is 1. The number of non-ortho nitro benzene ring substituents is 1. The minimum Gasteiger partial charge on any atom is -0.478 e. The van der Waals surface area contributed by atoms with E-state index < -0.39 is 22.5 Å². The van der Waals surface area contributed by atoms with Crippen LogP contribution in [0.15, 0.2) is 42.5 Å². The van der Waals surface area contributed by atoms with Crippen LogP contribution in [0.2, 0.25) is 0 Å². The Morgan fingerprint density at radius 2 is 1.34 bits per heavy atom. The summed E-state index contributed by atoms with van der Waals surface area (Å²) in [5.74, 6) is -1.98. The predicted molar refractivity (Wildman–Crippen MR) is 103 cm³/mol. The molecule has 2 aromatic carbocycles. The van der Waals surface area contributed by atoms with Gasteiger partial charge in [0, 0.05) is 49.4 Å². The number of carboxylic acids is 1. The van der Waals surface area contributed by atoms with Crippen molar-refractivity contribution in [3.05, 3.63) is 74.8 Å². The molecule has 1 saturated heterocycles. The molecule has 3 rings (SSSR count). The number of carbonyl (C=O) groups excluding carboxylic acids is 2. The lowest BCUT2D eigenvalue weighted by molar-refractivity contribution is -0.384. The molecule has 9 heteroatoms. The van der Waals surface area contributed by atoms with E-state index in [-0.39, 0.29) is 30.1 Å². The van der Waals surface area contributed by atoms with Gasteiger partial charge in [0.2, 0.25) is 0 Å². The molecule has 2 amide bonds. The standard InChI is InChI=1S/C20H19N3O6/c1-13-2-4-14(5-3-13)18(24)21-6-8-22(9-7-21)19(25)15-10-16(20(26)27)12-17(11-15)23(28)29/h2-5,10-12H,6-9H2,1H3,(H,26,27). The maximum atomic E-state index is 12.7. The first-order valence-electron chi connectivity index (χ1n) is 8.94. The number of piperazine rings is 1. The number of carbonyl (C=O) groups is 3. The van der Waals surface area contributed by atoms with Gasteiger partial charge in [0.1, 0.15) is 0 Å². The Balaban J connectivity index is 1.71. The number of benzene rings is 2. The minimum absolute atomic E-state index is 0.0603. The van der Waals surface area contributed by atoms with Crippen molar-refractivity contribution in [1.82, 2.24) is 9.80 Å². The molecule has 0 aromatic heterocycles. The molecular weight excluding hydrogens is 378 g/mol. The first kappa shape index (κ1) is 20.0. The molecule has 0 spiro atoms. The van der Waals surface area contributed by atoms with E-state index in [9.17, 15) is 24.5 Å². The molecular formula is C20H19N3O6. The third-order valence-corrected chi connectivity index (χ3v) is 4.78. The fourth-order valence-corrected chi connectivity index (χ4v) is 3.14. The number of hydrogen-bond donors (Lipinski definition) is 1. The van der Waals surface area contributed by atoms with Crippen molar-refractivity contribution in [3.63, 3.8) is 0 Å². The Labute approximate surface area is 166 Å². The lowest BCUT2D eigenvalue weighted by Gasteiger charge is -2.35. The number of aromatic carboxylic acids is 1. The highest BCUT2D eigenvalue weighted by Crippen LogP contribution is 2.20. The average molecular weight is 397 g/mol. The van der Waals surface area contributed by atoms with Gasteiger partial charge in [-0.3, -0.25) is 19.7 Å². The van der Waals surface area contributed by atoms with E-state index in [1.54, 1.807) is 17.0 Å². The zero-order valence-electron chi connectivity index (χ0n) is 15.7. The van der Waals surface area contributed by atoms with Gasteiger partial charge in [-0.15, -0.1) is 0 Å². The van der Waals surface area contributed by atoms with Crippen molar-refractivity contribution >= 4 is 23.5 Å². The normalized spacial score (nSPS) is 13.8. The summed E-state index contributed by atoms with van der Waals surface area (Å²) in [7, 11) is 0. The van der Waals surface area contributed by atoms with Gasteiger partial charge in [-0.1, -0.05) is 17.7 Å². The Hall–Kier alpha value is -3.75. The van der Waals surface area contributed by atoms with Crippen molar-refractivity contribution in [2.45, 2.75) is 6.92 Å². The van der Waals surface area contributed by atoms with Crippen molar-refractivity contribution in [1.29, 1.82) is 0 Å². The highest BCUT2D eigenvalue weighted by molar-refractivity contribution is 5.99. The van der Waals surface area contributed by atoms with E-state index in [0.29, 0.717) is 18.7 Å². The molecule has 1 heterocycles. The van der Waals surface area contributed by atoms with Crippen LogP contribution in [0, 0.1) is 17.0 Å². The molecule has 1 aliphatic rings. The van der Waals surface area contributed by atoms with Crippen molar-refractivity contribution < 1.29 is 24.4 Å². The highest BCUT2D eigenvalue weighted by Gasteiger charge is 2.27. The Bertz CT molecular complexity index is 946. The smallest absolute Gasteiger partial charge is 0.335 e. The van der Waals surface area contributed by atoms with E-state index in [0.717, 1.165) is 23.8 Å². The van der Waals surface area contributed by atoms with Gasteiger partial charge in [0.05, 0.1) is 10.5 Å². The second-order valence-electron chi connectivity index (χ2n) is 6.78. The first-order valence-corrected chi connectivity index (χ1v) is 8.94. The number of rotatable bonds is 4. The number of nitro groups is 1. The highest BCUT2D eigenvalue weighted by atomic mass is 16.6. The predicted octanol–water partition coefficient (Wildman–Crippen LogP) is 2.20. The number of nitrogens with zero attached hydrogens (tertiary/aromatic N) is 3. The van der Waals surface area contributed by atoms with Gasteiger partial charge in [-0.2, -0.15) is 0 Å². The van der Waals surface area contributed by atoms with Gasteiger partial charge in [-0.05, 0) is 25.1 Å². The zero-order chi connectivity index (χ0) is 21.1. The number of amides is 2. The molecule has 1 N–H and O–H groups in total. The molecule has 0 aliphatic carbocycles. The van der Waals surface area contributed by atoms with Gasteiger partial charge < -0.3 is 14.9 Å². The van der Waals surface area contributed by atoms with Crippen molar-refractivity contribution in [3.8, 4) is 0 Å². The Morgan fingerprint density at radius 3 is 1.83 bits per heavy atom. The fraction of sp³-hybridized carbons (Fsp3) is 0.250. The number of aryl methyl sites for hydroxylation is 1. The summed E-state index contributed by atoms with van der Waals surface area (Å²) < 4.78 is 0. The molecule has 1 aliphatic heterocycles. The number of hydrogen-bond acceptors (Lipinski definition) is 5. The van der Waals surface area contributed by atoms with Gasteiger partial charge >= 0.3 is 5.97 Å². The molecule has 1 fully saturated rings. The van der Waals surface area contributed by atoms with E-state index in [2.05, 4.69) is 0 Å². The third kappa shape index (κ3) is 4.40. The summed E-state index contributed by atoms with van der Waals surface area (Å²) in [6.45, 7) is 3.07. The molecule has 0 unspecified atom stereocenters. The third-order valence-electron chi connectivity index (χ3n) is 4.78. The SMILES string of the molecule is Cc1ccc(C(=O)N2CCN(C(=O)c3cc(C(=O)O)cc([N+](=O)[O-])c3)CC2)cc1. The van der Waals surface area contributed by atoms with Crippen LogP contribution in [-0.4, -0.2) is 63.8 Å². The lowest BCUT2D eigenvalue weighted by Crippen LogP contribution is -2.50. The van der Waals surface area contributed by atoms with Crippen LogP contribution in [0.3, 0.4) is 0 Å². The zero-order valence-corrected chi connectivity index (χ0v) is 15.7. The molecule has 29 heavy (non-hydrogen) atoms. The van der Waals surface area contributed by atoms with E-state index in [1.807, 2.05) is 19.1 Å². The second-order valence-corrected chi connectivity index (χ2v) is 6.78. The van der Waals surface area contributed by atoms with Crippen LogP contribution in [0.25, 0.3) is 0 Å². The topological polar surface area (TPSA) is 121 Å². The quantitative estimate of drug-likeness (QED) is 0.624. The van der Waals surface area contributed by atoms with Gasteiger partial charge in [0.25, 0.3) is 17.5 Å². The maximum Gasteiger partial charge on any atom is 0.335 e. The molecule has 150 valence electrons.